The van der Waals surface area contributed by atoms with E-state index in [-0.39, 0.29) is 35.8 Å². The van der Waals surface area contributed by atoms with E-state index in [9.17, 15) is 22.8 Å². The van der Waals surface area contributed by atoms with Gasteiger partial charge in [0.2, 0.25) is 11.8 Å². The minimum absolute atomic E-state index is 0.161. The van der Waals surface area contributed by atoms with Crippen LogP contribution in [0.1, 0.15) is 28.8 Å². The molecule has 116 valence electrons. The van der Waals surface area contributed by atoms with Crippen molar-refractivity contribution in [2.45, 2.75) is 30.3 Å². The highest BCUT2D eigenvalue weighted by atomic mass is 35.7. The quantitative estimate of drug-likeness (QED) is 0.618. The van der Waals surface area contributed by atoms with Gasteiger partial charge >= 0.3 is 0 Å². The highest BCUT2D eigenvalue weighted by Gasteiger charge is 2.39. The third-order valence-electron chi connectivity index (χ3n) is 3.78. The lowest BCUT2D eigenvalue weighted by Gasteiger charge is -2.29. The van der Waals surface area contributed by atoms with Crippen molar-refractivity contribution in [2.75, 3.05) is 0 Å². The molecule has 1 aromatic carbocycles. The molecule has 3 rings (SSSR count). The van der Waals surface area contributed by atoms with Crippen molar-refractivity contribution in [3.63, 3.8) is 0 Å². The molecule has 2 aliphatic rings. The Morgan fingerprint density at radius 2 is 1.95 bits per heavy atom. The predicted molar refractivity (Wildman–Crippen MR) is 75.5 cm³/mol. The van der Waals surface area contributed by atoms with E-state index in [4.69, 9.17) is 10.7 Å². The Kier molecular flexibility index (Phi) is 3.45. The second kappa shape index (κ2) is 5.06. The smallest absolute Gasteiger partial charge is 0.261 e. The number of fused-ring (bicyclic) bond motifs is 1. The molecule has 2 heterocycles. The molecule has 1 unspecified atom stereocenters. The summed E-state index contributed by atoms with van der Waals surface area (Å²) < 4.78 is 22.7. The fourth-order valence-corrected chi connectivity index (χ4v) is 3.46. The molecule has 0 aliphatic carbocycles. The van der Waals surface area contributed by atoms with Crippen LogP contribution in [0.3, 0.4) is 0 Å². The number of rotatable bonds is 2. The van der Waals surface area contributed by atoms with E-state index in [1.165, 1.54) is 23.1 Å². The van der Waals surface area contributed by atoms with E-state index < -0.39 is 26.9 Å². The van der Waals surface area contributed by atoms with Crippen LogP contribution >= 0.6 is 10.7 Å². The van der Waals surface area contributed by atoms with Crippen LogP contribution in [0.15, 0.2) is 23.1 Å². The topological polar surface area (TPSA) is 101 Å². The van der Waals surface area contributed by atoms with E-state index in [2.05, 4.69) is 5.32 Å². The lowest BCUT2D eigenvalue weighted by Crippen LogP contribution is -2.52. The first-order valence-corrected chi connectivity index (χ1v) is 8.80. The average Bonchev–Trinajstić information content (AvgIpc) is 2.75. The second-order valence-corrected chi connectivity index (χ2v) is 7.72. The van der Waals surface area contributed by atoms with Gasteiger partial charge in [0, 0.05) is 29.2 Å². The largest absolute Gasteiger partial charge is 0.322 e. The summed E-state index contributed by atoms with van der Waals surface area (Å²) in [6, 6.07) is 3.32. The third kappa shape index (κ3) is 2.48. The number of amides is 3. The summed E-state index contributed by atoms with van der Waals surface area (Å²) in [6.45, 7) is 0.197. The molecule has 9 heteroatoms. The van der Waals surface area contributed by atoms with Crippen LogP contribution in [0.5, 0.6) is 0 Å². The molecule has 1 fully saturated rings. The van der Waals surface area contributed by atoms with Crippen molar-refractivity contribution >= 4 is 37.5 Å². The maximum absolute atomic E-state index is 12.4. The first kappa shape index (κ1) is 15.0. The van der Waals surface area contributed by atoms with Crippen LogP contribution in [-0.2, 0) is 25.2 Å². The normalized spacial score (nSPS) is 21.8. The summed E-state index contributed by atoms with van der Waals surface area (Å²) in [6.07, 6.45) is 0.420. The van der Waals surface area contributed by atoms with Gasteiger partial charge in [-0.2, -0.15) is 0 Å². The number of benzene rings is 1. The summed E-state index contributed by atoms with van der Waals surface area (Å²) in [5.74, 6) is -1.31. The molecule has 7 nitrogen and oxygen atoms in total. The summed E-state index contributed by atoms with van der Waals surface area (Å²) in [5.41, 5.74) is 0.838. The molecule has 0 radical (unpaired) electrons. The second-order valence-electron chi connectivity index (χ2n) is 5.16. The molecular formula is C13H11ClN2O5S. The summed E-state index contributed by atoms with van der Waals surface area (Å²) >= 11 is 0. The zero-order valence-corrected chi connectivity index (χ0v) is 12.8. The molecule has 2 aliphatic heterocycles. The number of nitrogens with one attached hydrogen (secondary N) is 1. The van der Waals surface area contributed by atoms with Crippen LogP contribution in [0.25, 0.3) is 0 Å². The Morgan fingerprint density at radius 3 is 2.59 bits per heavy atom. The Balaban J connectivity index is 1.92. The summed E-state index contributed by atoms with van der Waals surface area (Å²) in [4.78, 5) is 36.7. The predicted octanol–water partition coefficient (Wildman–Crippen LogP) is 0.375. The number of carbonyl (C=O) groups is 3. The van der Waals surface area contributed by atoms with E-state index in [1.54, 1.807) is 0 Å². The van der Waals surface area contributed by atoms with Crippen molar-refractivity contribution in [3.8, 4) is 0 Å². The lowest BCUT2D eigenvalue weighted by molar-refractivity contribution is -0.136. The third-order valence-corrected chi connectivity index (χ3v) is 5.13. The van der Waals surface area contributed by atoms with Gasteiger partial charge in [0.25, 0.3) is 15.0 Å². The molecule has 1 aromatic rings. The zero-order chi connectivity index (χ0) is 16.1. The van der Waals surface area contributed by atoms with Crippen molar-refractivity contribution < 1.29 is 22.8 Å². The number of hydrogen-bond acceptors (Lipinski definition) is 5. The van der Waals surface area contributed by atoms with Gasteiger partial charge in [-0.25, -0.2) is 8.42 Å². The van der Waals surface area contributed by atoms with E-state index >= 15 is 0 Å². The number of nitrogens with zero attached hydrogens (tertiary/aromatic N) is 1. The fraction of sp³-hybridized carbons (Fsp3) is 0.308. The van der Waals surface area contributed by atoms with Gasteiger partial charge < -0.3 is 4.90 Å². The fourth-order valence-electron chi connectivity index (χ4n) is 2.69. The highest BCUT2D eigenvalue weighted by Crippen LogP contribution is 2.29. The van der Waals surface area contributed by atoms with Crippen LogP contribution in [0, 0.1) is 0 Å². The van der Waals surface area contributed by atoms with Gasteiger partial charge in [-0.15, -0.1) is 0 Å². The van der Waals surface area contributed by atoms with Gasteiger partial charge in [0.1, 0.15) is 6.04 Å². The van der Waals surface area contributed by atoms with Crippen molar-refractivity contribution in [2.24, 2.45) is 0 Å². The van der Waals surface area contributed by atoms with Crippen LogP contribution < -0.4 is 5.32 Å². The van der Waals surface area contributed by atoms with E-state index in [1.807, 2.05) is 0 Å². The molecule has 0 bridgehead atoms. The first-order chi connectivity index (χ1) is 10.3. The molecular weight excluding hydrogens is 332 g/mol. The molecule has 22 heavy (non-hydrogen) atoms. The van der Waals surface area contributed by atoms with Gasteiger partial charge in [-0.3, -0.25) is 19.7 Å². The molecule has 1 N–H and O–H groups in total. The average molecular weight is 343 g/mol. The maximum Gasteiger partial charge on any atom is 0.261 e. The Hall–Kier alpha value is -1.93. The lowest BCUT2D eigenvalue weighted by atomic mass is 10.0. The molecule has 1 atom stereocenters. The number of piperidine rings is 1. The van der Waals surface area contributed by atoms with E-state index in [0.717, 1.165) is 0 Å². The van der Waals surface area contributed by atoms with Crippen molar-refractivity contribution in [3.05, 3.63) is 29.3 Å². The number of hydrogen-bond donors (Lipinski definition) is 1. The minimum Gasteiger partial charge on any atom is -0.322 e. The van der Waals surface area contributed by atoms with Crippen LogP contribution in [-0.4, -0.2) is 37.1 Å². The molecule has 0 saturated carbocycles. The van der Waals surface area contributed by atoms with Gasteiger partial charge in [0.15, 0.2) is 0 Å². The van der Waals surface area contributed by atoms with Crippen molar-refractivity contribution in [1.82, 2.24) is 10.2 Å². The molecule has 3 amide bonds. The SMILES string of the molecule is O=C1CCC(N2Cc3ccc(S(=O)(=O)Cl)cc3C2=O)C(=O)N1. The maximum atomic E-state index is 12.4. The standard InChI is InChI=1S/C13H11ClN2O5S/c14-22(20,21)8-2-1-7-6-16(13(19)9(7)5-8)10-3-4-11(17)15-12(10)18/h1-2,5,10H,3-4,6H2,(H,15,17,18). The van der Waals surface area contributed by atoms with Crippen LogP contribution in [0.4, 0.5) is 0 Å². The molecule has 1 saturated heterocycles. The highest BCUT2D eigenvalue weighted by molar-refractivity contribution is 8.13. The number of halogens is 1. The van der Waals surface area contributed by atoms with Gasteiger partial charge in [-0.05, 0) is 24.1 Å². The summed E-state index contributed by atoms with van der Waals surface area (Å²) in [7, 11) is 1.35. The van der Waals surface area contributed by atoms with Gasteiger partial charge in [-0.1, -0.05) is 6.07 Å². The molecule has 0 aromatic heterocycles. The van der Waals surface area contributed by atoms with Crippen molar-refractivity contribution in [1.29, 1.82) is 0 Å². The Bertz CT molecular complexity index is 805. The van der Waals surface area contributed by atoms with Gasteiger partial charge in [0.05, 0.1) is 4.90 Å². The van der Waals surface area contributed by atoms with E-state index in [0.29, 0.717) is 5.56 Å². The Labute approximate surface area is 130 Å². The van der Waals surface area contributed by atoms with Crippen LogP contribution in [0.2, 0.25) is 0 Å². The Morgan fingerprint density at radius 1 is 1.23 bits per heavy atom. The number of carbonyl (C=O) groups excluding carboxylic acids is 3. The zero-order valence-electron chi connectivity index (χ0n) is 11.2. The summed E-state index contributed by atoms with van der Waals surface area (Å²) in [5, 5.41) is 2.20. The molecule has 0 spiro atoms. The first-order valence-electron chi connectivity index (χ1n) is 6.49. The minimum atomic E-state index is -3.93. The monoisotopic (exact) mass is 342 g/mol. The number of imide groups is 1.